The fourth-order valence-corrected chi connectivity index (χ4v) is 3.13. The number of nitrogens with one attached hydrogen (secondary N) is 1. The van der Waals surface area contributed by atoms with Gasteiger partial charge < -0.3 is 10.1 Å². The number of hydrogen-bond donors (Lipinski definition) is 1. The van der Waals surface area contributed by atoms with E-state index in [1.54, 1.807) is 19.2 Å². The van der Waals surface area contributed by atoms with Gasteiger partial charge in [0.1, 0.15) is 0 Å². The molecule has 0 radical (unpaired) electrons. The van der Waals surface area contributed by atoms with Crippen molar-refractivity contribution in [1.29, 1.82) is 0 Å². The van der Waals surface area contributed by atoms with E-state index in [1.807, 2.05) is 0 Å². The molecule has 0 aliphatic rings. The molecule has 5 heteroatoms. The Kier molecular flexibility index (Phi) is 8.36. The highest BCUT2D eigenvalue weighted by Gasteiger charge is 2.19. The van der Waals surface area contributed by atoms with Gasteiger partial charge in [-0.15, -0.1) is 0 Å². The highest BCUT2D eigenvalue weighted by molar-refractivity contribution is 6.39. The van der Waals surface area contributed by atoms with Gasteiger partial charge in [0.05, 0.1) is 6.61 Å². The minimum Gasteiger partial charge on any atom is -0.383 e. The van der Waals surface area contributed by atoms with E-state index in [-0.39, 0.29) is 5.41 Å². The zero-order valence-electron chi connectivity index (χ0n) is 12.9. The van der Waals surface area contributed by atoms with E-state index in [2.05, 4.69) is 19.2 Å². The highest BCUT2D eigenvalue weighted by Crippen LogP contribution is 2.33. The van der Waals surface area contributed by atoms with Gasteiger partial charge in [0.15, 0.2) is 0 Å². The Morgan fingerprint density at radius 1 is 1.05 bits per heavy atom. The van der Waals surface area contributed by atoms with E-state index in [1.165, 1.54) is 0 Å². The minimum atomic E-state index is 0.229. The van der Waals surface area contributed by atoms with Crippen LogP contribution < -0.4 is 5.32 Å². The summed E-state index contributed by atoms with van der Waals surface area (Å²) in [6.07, 6.45) is 2.99. The predicted octanol–water partition coefficient (Wildman–Crippen LogP) is 5.23. The molecule has 0 spiro atoms. The maximum Gasteiger partial charge on any atom is 0.0587 e. The van der Waals surface area contributed by atoms with Crippen LogP contribution >= 0.6 is 34.8 Å². The lowest BCUT2D eigenvalue weighted by Gasteiger charge is -2.25. The molecule has 1 aromatic carbocycles. The van der Waals surface area contributed by atoms with Crippen LogP contribution in [0.3, 0.4) is 0 Å². The molecule has 120 valence electrons. The number of hydrogen-bond acceptors (Lipinski definition) is 2. The van der Waals surface area contributed by atoms with Gasteiger partial charge in [-0.3, -0.25) is 0 Å². The average molecular weight is 353 g/mol. The van der Waals surface area contributed by atoms with Crippen LogP contribution in [0.4, 0.5) is 0 Å². The van der Waals surface area contributed by atoms with E-state index >= 15 is 0 Å². The lowest BCUT2D eigenvalue weighted by molar-refractivity contribution is 0.197. The first-order valence-corrected chi connectivity index (χ1v) is 8.32. The van der Waals surface area contributed by atoms with Crippen LogP contribution in [0.15, 0.2) is 12.1 Å². The van der Waals surface area contributed by atoms with Crippen molar-refractivity contribution in [3.63, 3.8) is 0 Å². The molecular weight excluding hydrogens is 329 g/mol. The molecule has 0 aliphatic heterocycles. The fraction of sp³-hybridized carbons (Fsp3) is 0.625. The normalized spacial score (nSPS) is 11.9. The second kappa shape index (κ2) is 9.22. The standard InChI is InChI=1S/C16H24Cl3NO/c1-16(2,6-7-20-8-9-21-3)5-4-13-14(18)10-12(17)11-15(13)19/h10-11,20H,4-9H2,1-3H3. The van der Waals surface area contributed by atoms with Crippen LogP contribution in [0, 0.1) is 5.41 Å². The quantitative estimate of drug-likeness (QED) is 0.614. The van der Waals surface area contributed by atoms with Crippen LogP contribution in [0.1, 0.15) is 32.3 Å². The Morgan fingerprint density at radius 2 is 1.67 bits per heavy atom. The second-order valence-corrected chi connectivity index (χ2v) is 7.26. The summed E-state index contributed by atoms with van der Waals surface area (Å²) in [4.78, 5) is 0. The Labute approximate surface area is 143 Å². The molecule has 0 saturated heterocycles. The number of benzene rings is 1. The topological polar surface area (TPSA) is 21.3 Å². The molecule has 0 aliphatic carbocycles. The molecule has 0 saturated carbocycles. The number of rotatable bonds is 9. The van der Waals surface area contributed by atoms with Crippen molar-refractivity contribution in [2.45, 2.75) is 33.1 Å². The predicted molar refractivity (Wildman–Crippen MR) is 92.9 cm³/mol. The number of halogens is 3. The van der Waals surface area contributed by atoms with Gasteiger partial charge in [0.2, 0.25) is 0 Å². The summed E-state index contributed by atoms with van der Waals surface area (Å²) in [5.74, 6) is 0. The van der Waals surface area contributed by atoms with Gasteiger partial charge in [0.25, 0.3) is 0 Å². The summed E-state index contributed by atoms with van der Waals surface area (Å²) in [6.45, 7) is 7.15. The van der Waals surface area contributed by atoms with Gasteiger partial charge in [-0.05, 0) is 48.9 Å². The van der Waals surface area contributed by atoms with Crippen molar-refractivity contribution in [2.75, 3.05) is 26.8 Å². The molecule has 1 N–H and O–H groups in total. The molecule has 0 aromatic heterocycles. The van der Waals surface area contributed by atoms with Gasteiger partial charge in [-0.25, -0.2) is 0 Å². The SMILES string of the molecule is COCCNCCC(C)(C)CCc1c(Cl)cc(Cl)cc1Cl. The van der Waals surface area contributed by atoms with Crippen molar-refractivity contribution < 1.29 is 4.74 Å². The third kappa shape index (κ3) is 7.21. The monoisotopic (exact) mass is 351 g/mol. The van der Waals surface area contributed by atoms with Crippen LogP contribution in [0.2, 0.25) is 15.1 Å². The lowest BCUT2D eigenvalue weighted by atomic mass is 9.83. The van der Waals surface area contributed by atoms with Crippen LogP contribution in [-0.2, 0) is 11.2 Å². The largest absolute Gasteiger partial charge is 0.383 e. The summed E-state index contributed by atoms with van der Waals surface area (Å²) >= 11 is 18.4. The van der Waals surface area contributed by atoms with Gasteiger partial charge >= 0.3 is 0 Å². The lowest BCUT2D eigenvalue weighted by Crippen LogP contribution is -2.25. The van der Waals surface area contributed by atoms with Crippen LogP contribution in [-0.4, -0.2) is 26.8 Å². The Bertz CT molecular complexity index is 426. The molecule has 0 unspecified atom stereocenters. The average Bonchev–Trinajstić information content (AvgIpc) is 2.37. The van der Waals surface area contributed by atoms with Crippen molar-refractivity contribution in [3.05, 3.63) is 32.8 Å². The molecule has 0 fully saturated rings. The maximum absolute atomic E-state index is 6.23. The summed E-state index contributed by atoms with van der Waals surface area (Å²) in [6, 6.07) is 3.51. The first kappa shape index (κ1) is 19.1. The molecule has 0 amide bonds. The second-order valence-electron chi connectivity index (χ2n) is 6.01. The van der Waals surface area contributed by atoms with E-state index < -0.39 is 0 Å². The zero-order chi connectivity index (χ0) is 15.9. The number of methoxy groups -OCH3 is 1. The molecule has 0 atom stereocenters. The van der Waals surface area contributed by atoms with E-state index in [0.717, 1.165) is 44.5 Å². The summed E-state index contributed by atoms with van der Waals surface area (Å²) in [5, 5.41) is 5.26. The summed E-state index contributed by atoms with van der Waals surface area (Å²) in [5.41, 5.74) is 1.22. The first-order chi connectivity index (χ1) is 9.85. The molecule has 1 aromatic rings. The zero-order valence-corrected chi connectivity index (χ0v) is 15.2. The van der Waals surface area contributed by atoms with E-state index in [9.17, 15) is 0 Å². The Balaban J connectivity index is 2.46. The molecule has 0 bridgehead atoms. The van der Waals surface area contributed by atoms with Gasteiger partial charge in [-0.2, -0.15) is 0 Å². The third-order valence-corrected chi connectivity index (χ3v) is 4.51. The van der Waals surface area contributed by atoms with Crippen molar-refractivity contribution in [2.24, 2.45) is 5.41 Å². The van der Waals surface area contributed by atoms with Crippen LogP contribution in [0.5, 0.6) is 0 Å². The summed E-state index contributed by atoms with van der Waals surface area (Å²) < 4.78 is 5.01. The van der Waals surface area contributed by atoms with Crippen molar-refractivity contribution in [1.82, 2.24) is 5.32 Å². The third-order valence-electron chi connectivity index (χ3n) is 3.62. The summed E-state index contributed by atoms with van der Waals surface area (Å²) in [7, 11) is 1.71. The van der Waals surface area contributed by atoms with Gasteiger partial charge in [0, 0.05) is 28.7 Å². The minimum absolute atomic E-state index is 0.229. The molecule has 0 heterocycles. The maximum atomic E-state index is 6.23. The van der Waals surface area contributed by atoms with Crippen molar-refractivity contribution in [3.8, 4) is 0 Å². The molecular formula is C16H24Cl3NO. The van der Waals surface area contributed by atoms with E-state index in [0.29, 0.717) is 15.1 Å². The number of ether oxygens (including phenoxy) is 1. The van der Waals surface area contributed by atoms with E-state index in [4.69, 9.17) is 39.5 Å². The smallest absolute Gasteiger partial charge is 0.0587 e. The Morgan fingerprint density at radius 3 is 2.24 bits per heavy atom. The molecule has 1 rings (SSSR count). The van der Waals surface area contributed by atoms with Crippen molar-refractivity contribution >= 4 is 34.8 Å². The fourth-order valence-electron chi connectivity index (χ4n) is 2.13. The van der Waals surface area contributed by atoms with Crippen LogP contribution in [0.25, 0.3) is 0 Å². The molecule has 2 nitrogen and oxygen atoms in total. The first-order valence-electron chi connectivity index (χ1n) is 7.19. The highest BCUT2D eigenvalue weighted by atomic mass is 35.5. The Hall–Kier alpha value is 0.01000. The molecule has 21 heavy (non-hydrogen) atoms. The van der Waals surface area contributed by atoms with Gasteiger partial charge in [-0.1, -0.05) is 48.7 Å².